The number of hydrogen-bond donors (Lipinski definition) is 0. The Bertz CT molecular complexity index is 854. The second kappa shape index (κ2) is 8.03. The van der Waals surface area contributed by atoms with Gasteiger partial charge in [0.05, 0.1) is 34.5 Å². The molecule has 2 saturated heterocycles. The summed E-state index contributed by atoms with van der Waals surface area (Å²) in [7, 11) is -1.66. The highest BCUT2D eigenvalue weighted by molar-refractivity contribution is 7.14. The van der Waals surface area contributed by atoms with Gasteiger partial charge in [-0.25, -0.2) is 4.79 Å². The maximum Gasteiger partial charge on any atom is 0.502 e. The maximum absolute atomic E-state index is 13.3. The SMILES string of the molecule is CCOC(=O)/C(B1OC(C)(C)C(C)(C)O1)=C(/B1OC(C)(C)C(C)(C)O1)c1ccc(C)s1. The number of aryl methyl sites for hydroxylation is 1. The zero-order chi connectivity index (χ0) is 23.4. The summed E-state index contributed by atoms with van der Waals surface area (Å²) < 4.78 is 30.8. The molecule has 0 amide bonds. The minimum absolute atomic E-state index is 0.238. The summed E-state index contributed by atoms with van der Waals surface area (Å²) in [5.74, 6) is -0.489. The van der Waals surface area contributed by atoms with Crippen molar-refractivity contribution in [3.8, 4) is 0 Å². The third-order valence-corrected chi connectivity index (χ3v) is 7.80. The normalized spacial score (nSPS) is 24.3. The van der Waals surface area contributed by atoms with Gasteiger partial charge in [0.1, 0.15) is 0 Å². The molecule has 3 heterocycles. The van der Waals surface area contributed by atoms with Crippen molar-refractivity contribution in [2.24, 2.45) is 0 Å². The average molecular weight is 448 g/mol. The Morgan fingerprint density at radius 3 is 1.71 bits per heavy atom. The van der Waals surface area contributed by atoms with Crippen LogP contribution >= 0.6 is 11.3 Å². The fraction of sp³-hybridized carbons (Fsp3) is 0.682. The van der Waals surface area contributed by atoms with Crippen molar-refractivity contribution in [1.29, 1.82) is 0 Å². The van der Waals surface area contributed by atoms with E-state index in [4.69, 9.17) is 23.4 Å². The minimum Gasteiger partial charge on any atom is -0.463 e. The molecule has 0 saturated carbocycles. The van der Waals surface area contributed by atoms with Gasteiger partial charge in [-0.15, -0.1) is 11.3 Å². The van der Waals surface area contributed by atoms with Crippen molar-refractivity contribution >= 4 is 37.0 Å². The van der Waals surface area contributed by atoms with Crippen LogP contribution in [0, 0.1) is 6.92 Å². The van der Waals surface area contributed by atoms with E-state index in [1.54, 1.807) is 18.3 Å². The first kappa shape index (κ1) is 24.5. The van der Waals surface area contributed by atoms with Crippen LogP contribution in [0.4, 0.5) is 0 Å². The molecule has 0 atom stereocenters. The summed E-state index contributed by atoms with van der Waals surface area (Å²) in [6.45, 7) is 19.8. The maximum atomic E-state index is 13.3. The Morgan fingerprint density at radius 2 is 1.32 bits per heavy atom. The highest BCUT2D eigenvalue weighted by atomic mass is 32.1. The average Bonchev–Trinajstić information content (AvgIpc) is 3.17. The first-order valence-electron chi connectivity index (χ1n) is 10.8. The summed E-state index contributed by atoms with van der Waals surface area (Å²) in [5.41, 5.74) is -1.45. The fourth-order valence-electron chi connectivity index (χ4n) is 3.42. The quantitative estimate of drug-likeness (QED) is 0.372. The number of esters is 1. The van der Waals surface area contributed by atoms with Gasteiger partial charge in [-0.1, -0.05) is 0 Å². The molecular weight excluding hydrogens is 414 g/mol. The van der Waals surface area contributed by atoms with Crippen LogP contribution in [-0.2, 0) is 28.1 Å². The molecule has 2 aliphatic rings. The summed E-state index contributed by atoms with van der Waals surface area (Å²) in [4.78, 5) is 15.3. The molecule has 1 aromatic rings. The van der Waals surface area contributed by atoms with E-state index >= 15 is 0 Å². The van der Waals surface area contributed by atoms with Crippen LogP contribution in [0.1, 0.15) is 72.1 Å². The van der Waals surface area contributed by atoms with E-state index in [1.807, 2.05) is 74.4 Å². The monoisotopic (exact) mass is 448 g/mol. The van der Waals surface area contributed by atoms with Crippen molar-refractivity contribution in [1.82, 2.24) is 0 Å². The van der Waals surface area contributed by atoms with Gasteiger partial charge in [-0.05, 0) is 81.4 Å². The van der Waals surface area contributed by atoms with Crippen molar-refractivity contribution < 1.29 is 28.1 Å². The van der Waals surface area contributed by atoms with Crippen LogP contribution in [-0.4, -0.2) is 49.2 Å². The van der Waals surface area contributed by atoms with Crippen LogP contribution in [0.15, 0.2) is 17.6 Å². The van der Waals surface area contributed by atoms with Crippen LogP contribution < -0.4 is 0 Å². The van der Waals surface area contributed by atoms with E-state index in [2.05, 4.69) is 0 Å². The van der Waals surface area contributed by atoms with Gasteiger partial charge >= 0.3 is 20.2 Å². The molecule has 0 unspecified atom stereocenters. The number of hydrogen-bond acceptors (Lipinski definition) is 7. The van der Waals surface area contributed by atoms with Gasteiger partial charge in [-0.2, -0.15) is 0 Å². The summed E-state index contributed by atoms with van der Waals surface area (Å²) in [5, 5.41) is 0. The number of carbonyl (C=O) groups excluding carboxylic acids is 1. The Kier molecular flexibility index (Phi) is 6.35. The Balaban J connectivity index is 2.21. The van der Waals surface area contributed by atoms with Gasteiger partial charge < -0.3 is 23.4 Å². The van der Waals surface area contributed by atoms with E-state index in [0.29, 0.717) is 10.9 Å². The third kappa shape index (κ3) is 4.40. The molecule has 0 aliphatic carbocycles. The lowest BCUT2D eigenvalue weighted by molar-refractivity contribution is -0.137. The van der Waals surface area contributed by atoms with Crippen LogP contribution in [0.25, 0.3) is 5.47 Å². The van der Waals surface area contributed by atoms with Gasteiger partial charge in [0, 0.05) is 15.2 Å². The van der Waals surface area contributed by atoms with Gasteiger partial charge in [0.25, 0.3) is 0 Å². The second-order valence-electron chi connectivity index (χ2n) is 10.1. The summed E-state index contributed by atoms with van der Waals surface area (Å²) in [6.07, 6.45) is 0. The highest BCUT2D eigenvalue weighted by Gasteiger charge is 2.58. The van der Waals surface area contributed by atoms with Crippen LogP contribution in [0.2, 0.25) is 0 Å². The molecule has 2 aliphatic heterocycles. The smallest absolute Gasteiger partial charge is 0.463 e. The van der Waals surface area contributed by atoms with Crippen LogP contribution in [0.5, 0.6) is 0 Å². The molecule has 2 fully saturated rings. The van der Waals surface area contributed by atoms with E-state index < -0.39 is 42.6 Å². The lowest BCUT2D eigenvalue weighted by Gasteiger charge is -2.32. The zero-order valence-corrected chi connectivity index (χ0v) is 21.2. The number of carbonyl (C=O) groups is 1. The van der Waals surface area contributed by atoms with Gasteiger partial charge in [-0.3, -0.25) is 0 Å². The Morgan fingerprint density at radius 1 is 0.871 bits per heavy atom. The third-order valence-electron chi connectivity index (χ3n) is 6.77. The molecule has 0 radical (unpaired) electrons. The second-order valence-corrected chi connectivity index (χ2v) is 11.4. The molecule has 170 valence electrons. The van der Waals surface area contributed by atoms with Gasteiger partial charge in [0.15, 0.2) is 0 Å². The topological polar surface area (TPSA) is 63.2 Å². The fourth-order valence-corrected chi connectivity index (χ4v) is 4.35. The summed E-state index contributed by atoms with van der Waals surface area (Å²) in [6, 6.07) is 3.99. The van der Waals surface area contributed by atoms with Crippen molar-refractivity contribution in [3.05, 3.63) is 27.4 Å². The number of rotatable bonds is 5. The lowest BCUT2D eigenvalue weighted by atomic mass is 9.64. The molecule has 0 N–H and O–H groups in total. The Hall–Kier alpha value is -1.12. The standard InChI is InChI=1S/C22H34B2O6S/c1-11-26-18(25)17(24-29-21(7,8)22(9,10)30-24)16(15-13-12-14(2)31-15)23-27-19(3,4)20(5,6)28-23/h12-13H,11H2,1-10H3/b17-16-. The molecular formula is C22H34B2O6S. The molecule has 6 nitrogen and oxygen atoms in total. The minimum atomic E-state index is -0.902. The first-order valence-corrected chi connectivity index (χ1v) is 11.6. The summed E-state index contributed by atoms with van der Waals surface area (Å²) >= 11 is 1.57. The van der Waals surface area contributed by atoms with Crippen molar-refractivity contribution in [3.63, 3.8) is 0 Å². The van der Waals surface area contributed by atoms with E-state index in [9.17, 15) is 4.79 Å². The van der Waals surface area contributed by atoms with Gasteiger partial charge in [0.2, 0.25) is 0 Å². The molecule has 0 aromatic carbocycles. The van der Waals surface area contributed by atoms with Crippen molar-refractivity contribution in [2.45, 2.75) is 91.6 Å². The van der Waals surface area contributed by atoms with E-state index in [-0.39, 0.29) is 6.61 Å². The molecule has 9 heteroatoms. The predicted octanol–water partition coefficient (Wildman–Crippen LogP) is 4.64. The predicted molar refractivity (Wildman–Crippen MR) is 125 cm³/mol. The molecule has 3 rings (SSSR count). The largest absolute Gasteiger partial charge is 0.502 e. The zero-order valence-electron chi connectivity index (χ0n) is 20.4. The molecule has 31 heavy (non-hydrogen) atoms. The molecule has 1 aromatic heterocycles. The van der Waals surface area contributed by atoms with Crippen LogP contribution in [0.3, 0.4) is 0 Å². The highest BCUT2D eigenvalue weighted by Crippen LogP contribution is 2.45. The first-order chi connectivity index (χ1) is 14.1. The lowest BCUT2D eigenvalue weighted by Crippen LogP contribution is -2.41. The van der Waals surface area contributed by atoms with Crippen molar-refractivity contribution in [2.75, 3.05) is 6.61 Å². The molecule has 0 bridgehead atoms. The number of thiophene rings is 1. The number of ether oxygens (including phenoxy) is 1. The Labute approximate surface area is 190 Å². The van der Waals surface area contributed by atoms with E-state index in [1.165, 1.54) is 0 Å². The molecule has 0 spiro atoms. The van der Waals surface area contributed by atoms with E-state index in [0.717, 1.165) is 9.75 Å².